The van der Waals surface area contributed by atoms with E-state index < -0.39 is 0 Å². The fraction of sp³-hybridized carbons (Fsp3) is 0.615. The van der Waals surface area contributed by atoms with E-state index >= 15 is 0 Å². The summed E-state index contributed by atoms with van der Waals surface area (Å²) in [6.07, 6.45) is 10.7. The topological polar surface area (TPSA) is 20.3 Å². The minimum absolute atomic E-state index is 0.0672. The summed E-state index contributed by atoms with van der Waals surface area (Å²) in [4.78, 5) is 12.6. The molecule has 0 spiro atoms. The largest absolute Gasteiger partial charge is 0.322 e. The van der Waals surface area contributed by atoms with Gasteiger partial charge in [0.25, 0.3) is 0 Å². The van der Waals surface area contributed by atoms with Crippen molar-refractivity contribution < 1.29 is 4.79 Å². The molecule has 0 N–H and O–H groups in total. The van der Waals surface area contributed by atoms with Gasteiger partial charge < -0.3 is 4.90 Å². The van der Waals surface area contributed by atoms with Gasteiger partial charge in [0.2, 0.25) is 5.91 Å². The zero-order chi connectivity index (χ0) is 11.7. The van der Waals surface area contributed by atoms with E-state index in [0.29, 0.717) is 0 Å². The van der Waals surface area contributed by atoms with Gasteiger partial charge in [-0.2, -0.15) is 0 Å². The Labute approximate surface area is 93.7 Å². The lowest BCUT2D eigenvalue weighted by Gasteiger charge is -2.08. The molecule has 0 aliphatic heterocycles. The van der Waals surface area contributed by atoms with Gasteiger partial charge in [0.15, 0.2) is 0 Å². The maximum atomic E-state index is 11.0. The molecule has 0 aliphatic carbocycles. The third-order valence-electron chi connectivity index (χ3n) is 2.24. The molecule has 0 heterocycles. The Morgan fingerprint density at radius 3 is 2.40 bits per heavy atom. The van der Waals surface area contributed by atoms with Gasteiger partial charge in [-0.3, -0.25) is 4.79 Å². The van der Waals surface area contributed by atoms with E-state index in [1.807, 2.05) is 12.3 Å². The molecule has 86 valence electrons. The van der Waals surface area contributed by atoms with Crippen LogP contribution >= 0.6 is 0 Å². The number of rotatable bonds is 6. The van der Waals surface area contributed by atoms with Crippen LogP contribution < -0.4 is 0 Å². The quantitative estimate of drug-likeness (QED) is 0.613. The normalized spacial score (nSPS) is 12.1. The standard InChI is InChI=1S/C13H23NO/c1-5-7-9-13(8-6-2)10-11-14(4)12(3)15/h9-11H,5-8H2,1-4H3/b11-10+,13-9+. The van der Waals surface area contributed by atoms with Crippen molar-refractivity contribution in [2.75, 3.05) is 7.05 Å². The van der Waals surface area contributed by atoms with Crippen LogP contribution in [0, 0.1) is 0 Å². The second kappa shape index (κ2) is 8.27. The molecule has 0 fully saturated rings. The summed E-state index contributed by atoms with van der Waals surface area (Å²) in [6, 6.07) is 0. The fourth-order valence-corrected chi connectivity index (χ4v) is 1.18. The minimum Gasteiger partial charge on any atom is -0.322 e. The number of hydrogen-bond donors (Lipinski definition) is 0. The zero-order valence-corrected chi connectivity index (χ0v) is 10.4. The molecule has 0 atom stereocenters. The molecule has 0 unspecified atom stereocenters. The minimum atomic E-state index is 0.0672. The Bertz CT molecular complexity index is 241. The first kappa shape index (κ1) is 13.9. The van der Waals surface area contributed by atoms with Gasteiger partial charge in [0.05, 0.1) is 0 Å². The SMILES string of the molecule is CCC/C=C(/C=C/N(C)C(C)=O)CCC. The van der Waals surface area contributed by atoms with Crippen molar-refractivity contribution in [3.63, 3.8) is 0 Å². The first-order chi connectivity index (χ1) is 7.11. The van der Waals surface area contributed by atoms with Crippen LogP contribution in [-0.4, -0.2) is 17.9 Å². The third-order valence-corrected chi connectivity index (χ3v) is 2.24. The van der Waals surface area contributed by atoms with Crippen molar-refractivity contribution in [1.29, 1.82) is 0 Å². The van der Waals surface area contributed by atoms with E-state index in [0.717, 1.165) is 19.3 Å². The van der Waals surface area contributed by atoms with Crippen molar-refractivity contribution >= 4 is 5.91 Å². The number of nitrogens with zero attached hydrogens (tertiary/aromatic N) is 1. The molecule has 2 nitrogen and oxygen atoms in total. The molecular formula is C13H23NO. The first-order valence-corrected chi connectivity index (χ1v) is 5.72. The van der Waals surface area contributed by atoms with Crippen molar-refractivity contribution in [2.45, 2.75) is 46.5 Å². The van der Waals surface area contributed by atoms with E-state index in [2.05, 4.69) is 19.9 Å². The Morgan fingerprint density at radius 1 is 1.27 bits per heavy atom. The van der Waals surface area contributed by atoms with Crippen LogP contribution in [0.5, 0.6) is 0 Å². The molecule has 0 aromatic carbocycles. The van der Waals surface area contributed by atoms with Gasteiger partial charge in [-0.1, -0.05) is 38.3 Å². The number of carbonyl (C=O) groups is 1. The Hall–Kier alpha value is -1.05. The fourth-order valence-electron chi connectivity index (χ4n) is 1.18. The predicted molar refractivity (Wildman–Crippen MR) is 65.5 cm³/mol. The van der Waals surface area contributed by atoms with E-state index in [4.69, 9.17) is 0 Å². The van der Waals surface area contributed by atoms with Gasteiger partial charge in [-0.25, -0.2) is 0 Å². The molecule has 0 aromatic heterocycles. The van der Waals surface area contributed by atoms with Gasteiger partial charge in [0, 0.05) is 20.2 Å². The summed E-state index contributed by atoms with van der Waals surface area (Å²) in [5.74, 6) is 0.0672. The number of carbonyl (C=O) groups excluding carboxylic acids is 1. The van der Waals surface area contributed by atoms with Gasteiger partial charge in [-0.15, -0.1) is 0 Å². The zero-order valence-electron chi connectivity index (χ0n) is 10.4. The third kappa shape index (κ3) is 6.95. The Kier molecular flexibility index (Phi) is 7.69. The molecule has 0 aromatic rings. The molecule has 0 rings (SSSR count). The first-order valence-electron chi connectivity index (χ1n) is 5.72. The van der Waals surface area contributed by atoms with Gasteiger partial charge in [-0.05, 0) is 18.9 Å². The van der Waals surface area contributed by atoms with Crippen molar-refractivity contribution in [1.82, 2.24) is 4.90 Å². The molecule has 0 saturated carbocycles. The van der Waals surface area contributed by atoms with Crippen molar-refractivity contribution in [2.24, 2.45) is 0 Å². The lowest BCUT2D eigenvalue weighted by Crippen LogP contribution is -2.16. The van der Waals surface area contributed by atoms with Crippen LogP contribution in [-0.2, 0) is 4.79 Å². The van der Waals surface area contributed by atoms with E-state index in [-0.39, 0.29) is 5.91 Å². The van der Waals surface area contributed by atoms with Crippen molar-refractivity contribution in [3.8, 4) is 0 Å². The number of unbranched alkanes of at least 4 members (excludes halogenated alkanes) is 1. The molecule has 2 heteroatoms. The second-order valence-corrected chi connectivity index (χ2v) is 3.76. The molecule has 0 saturated heterocycles. The Morgan fingerprint density at radius 2 is 1.93 bits per heavy atom. The lowest BCUT2D eigenvalue weighted by molar-refractivity contribution is -0.125. The van der Waals surface area contributed by atoms with E-state index in [1.165, 1.54) is 12.0 Å². The summed E-state index contributed by atoms with van der Waals surface area (Å²) in [5.41, 5.74) is 1.33. The van der Waals surface area contributed by atoms with E-state index in [9.17, 15) is 4.79 Å². The van der Waals surface area contributed by atoms with Crippen LogP contribution in [0.25, 0.3) is 0 Å². The molecule has 0 bridgehead atoms. The average molecular weight is 209 g/mol. The highest BCUT2D eigenvalue weighted by Crippen LogP contribution is 2.09. The highest BCUT2D eigenvalue weighted by molar-refractivity contribution is 5.73. The highest BCUT2D eigenvalue weighted by atomic mass is 16.2. The predicted octanol–water partition coefficient (Wildman–Crippen LogP) is 3.51. The van der Waals surface area contributed by atoms with Crippen LogP contribution in [0.2, 0.25) is 0 Å². The summed E-state index contributed by atoms with van der Waals surface area (Å²) >= 11 is 0. The Balaban J connectivity index is 4.32. The van der Waals surface area contributed by atoms with Gasteiger partial charge >= 0.3 is 0 Å². The summed E-state index contributed by atoms with van der Waals surface area (Å²) in [7, 11) is 1.78. The maximum Gasteiger partial charge on any atom is 0.223 e. The van der Waals surface area contributed by atoms with Crippen LogP contribution in [0.3, 0.4) is 0 Å². The molecular weight excluding hydrogens is 186 g/mol. The monoisotopic (exact) mass is 209 g/mol. The number of allylic oxidation sites excluding steroid dienone is 3. The average Bonchev–Trinajstić information content (AvgIpc) is 2.21. The van der Waals surface area contributed by atoms with Crippen LogP contribution in [0.15, 0.2) is 23.9 Å². The maximum absolute atomic E-state index is 11.0. The number of hydrogen-bond acceptors (Lipinski definition) is 1. The van der Waals surface area contributed by atoms with E-state index in [1.54, 1.807) is 18.9 Å². The van der Waals surface area contributed by atoms with Gasteiger partial charge in [0.1, 0.15) is 0 Å². The smallest absolute Gasteiger partial charge is 0.223 e. The van der Waals surface area contributed by atoms with Crippen LogP contribution in [0.4, 0.5) is 0 Å². The molecule has 15 heavy (non-hydrogen) atoms. The number of amides is 1. The highest BCUT2D eigenvalue weighted by Gasteiger charge is 1.96. The van der Waals surface area contributed by atoms with Crippen LogP contribution in [0.1, 0.15) is 46.5 Å². The van der Waals surface area contributed by atoms with Crippen molar-refractivity contribution in [3.05, 3.63) is 23.9 Å². The summed E-state index contributed by atoms with van der Waals surface area (Å²) in [5, 5.41) is 0. The molecule has 0 aliphatic rings. The lowest BCUT2D eigenvalue weighted by atomic mass is 10.1. The second-order valence-electron chi connectivity index (χ2n) is 3.76. The summed E-state index contributed by atoms with van der Waals surface area (Å²) < 4.78 is 0. The molecule has 0 radical (unpaired) electrons. The summed E-state index contributed by atoms with van der Waals surface area (Å²) in [6.45, 7) is 5.91. The molecule has 1 amide bonds.